The number of aromatic nitrogens is 4. The smallest absolute Gasteiger partial charge is 0.329 e. The van der Waals surface area contributed by atoms with E-state index in [0.717, 1.165) is 71.0 Å². The number of anilines is 2. The second-order valence-electron chi connectivity index (χ2n) is 8.72. The van der Waals surface area contributed by atoms with E-state index in [-0.39, 0.29) is 6.61 Å². The first-order chi connectivity index (χ1) is 17.4. The van der Waals surface area contributed by atoms with Gasteiger partial charge in [-0.2, -0.15) is 5.10 Å². The Morgan fingerprint density at radius 2 is 1.89 bits per heavy atom. The summed E-state index contributed by atoms with van der Waals surface area (Å²) in [5, 5.41) is 17.1. The van der Waals surface area contributed by atoms with Crippen molar-refractivity contribution in [1.82, 2.24) is 19.9 Å². The van der Waals surface area contributed by atoms with Gasteiger partial charge in [-0.3, -0.25) is 0 Å². The summed E-state index contributed by atoms with van der Waals surface area (Å²) >= 11 is 0. The maximum atomic E-state index is 10.6. The Morgan fingerprint density at radius 1 is 1.08 bits per heavy atom. The highest BCUT2D eigenvalue weighted by Gasteiger charge is 2.17. The molecular weight excluding hydrogens is 458 g/mol. The second-order valence-corrected chi connectivity index (χ2v) is 8.72. The van der Waals surface area contributed by atoms with Gasteiger partial charge in [-0.25, -0.2) is 14.5 Å². The Bertz CT molecular complexity index is 1260. The van der Waals surface area contributed by atoms with E-state index < -0.39 is 5.97 Å². The van der Waals surface area contributed by atoms with Crippen LogP contribution in [0.25, 0.3) is 16.8 Å². The first-order valence-corrected chi connectivity index (χ1v) is 12.0. The summed E-state index contributed by atoms with van der Waals surface area (Å²) in [7, 11) is 0. The molecule has 0 atom stereocenters. The van der Waals surface area contributed by atoms with E-state index in [2.05, 4.69) is 57.4 Å². The van der Waals surface area contributed by atoms with E-state index in [9.17, 15) is 4.79 Å². The van der Waals surface area contributed by atoms with Crippen molar-refractivity contribution in [3.8, 4) is 16.8 Å². The summed E-state index contributed by atoms with van der Waals surface area (Å²) in [6.45, 7) is 6.99. The van der Waals surface area contributed by atoms with E-state index in [1.54, 1.807) is 11.0 Å². The van der Waals surface area contributed by atoms with Crippen molar-refractivity contribution in [2.75, 3.05) is 24.7 Å². The van der Waals surface area contributed by atoms with Gasteiger partial charge in [0.15, 0.2) is 0 Å². The molecule has 2 heterocycles. The number of unbranched alkanes of at least 4 members (excludes halogenated alkanes) is 2. The van der Waals surface area contributed by atoms with Crippen molar-refractivity contribution >= 4 is 17.3 Å². The highest BCUT2D eigenvalue weighted by atomic mass is 16.5. The number of aryl methyl sites for hydroxylation is 3. The molecule has 4 aromatic rings. The fraction of sp³-hybridized carbons (Fsp3) is 0.333. The third-order valence-corrected chi connectivity index (χ3v) is 6.06. The van der Waals surface area contributed by atoms with Crippen molar-refractivity contribution in [1.29, 1.82) is 0 Å². The minimum absolute atomic E-state index is 0.252. The van der Waals surface area contributed by atoms with Crippen LogP contribution in [-0.4, -0.2) is 50.8 Å². The van der Waals surface area contributed by atoms with E-state index in [0.29, 0.717) is 6.61 Å². The number of benzene rings is 2. The molecular formula is C27H31N5O4. The lowest BCUT2D eigenvalue weighted by Gasteiger charge is -2.28. The van der Waals surface area contributed by atoms with Gasteiger partial charge in [0.2, 0.25) is 0 Å². The van der Waals surface area contributed by atoms with Crippen LogP contribution >= 0.6 is 0 Å². The number of rotatable bonds is 12. The fourth-order valence-electron chi connectivity index (χ4n) is 4.28. The molecule has 0 unspecified atom stereocenters. The van der Waals surface area contributed by atoms with Crippen LogP contribution in [0.2, 0.25) is 0 Å². The first kappa shape index (κ1) is 25.1. The summed E-state index contributed by atoms with van der Waals surface area (Å²) in [5.41, 5.74) is 7.24. The Kier molecular flexibility index (Phi) is 8.12. The summed E-state index contributed by atoms with van der Waals surface area (Å²) in [4.78, 5) is 17.0. The number of aliphatic carboxylic acids is 1. The maximum Gasteiger partial charge on any atom is 0.329 e. The zero-order valence-electron chi connectivity index (χ0n) is 20.8. The van der Waals surface area contributed by atoms with Crippen molar-refractivity contribution in [2.45, 2.75) is 40.0 Å². The topological polar surface area (TPSA) is 107 Å². The molecule has 188 valence electrons. The van der Waals surface area contributed by atoms with E-state index in [4.69, 9.17) is 14.4 Å². The molecule has 0 aliphatic rings. The van der Waals surface area contributed by atoms with Crippen LogP contribution in [0.3, 0.4) is 0 Å². The van der Waals surface area contributed by atoms with Gasteiger partial charge in [-0.05, 0) is 81.5 Å². The van der Waals surface area contributed by atoms with Gasteiger partial charge >= 0.3 is 5.97 Å². The lowest BCUT2D eigenvalue weighted by Crippen LogP contribution is -2.20. The third-order valence-electron chi connectivity index (χ3n) is 6.06. The van der Waals surface area contributed by atoms with Crippen LogP contribution in [0.4, 0.5) is 11.4 Å². The number of ether oxygens (including phenoxy) is 1. The standard InChI is InChI=1S/C27H31N5O4/c1-19-7-8-22(27-20(2)30-36-21(27)3)15-25(19)31(13-5-4-6-14-35-16-26(33)34)23-9-11-24(12-10-23)32-18-28-17-29-32/h7-12,15,17-18H,4-6,13-14,16H2,1-3H3,(H,33,34). The van der Waals surface area contributed by atoms with Crippen LogP contribution in [0, 0.1) is 20.8 Å². The molecule has 0 aliphatic heterocycles. The van der Waals surface area contributed by atoms with Gasteiger partial charge in [-0.15, -0.1) is 0 Å². The second kappa shape index (κ2) is 11.6. The number of hydrogen-bond donors (Lipinski definition) is 1. The zero-order valence-corrected chi connectivity index (χ0v) is 20.8. The summed E-state index contributed by atoms with van der Waals surface area (Å²) < 4.78 is 12.3. The minimum atomic E-state index is -0.941. The molecule has 9 heteroatoms. The van der Waals surface area contributed by atoms with Gasteiger partial charge < -0.3 is 19.3 Å². The van der Waals surface area contributed by atoms with Gasteiger partial charge in [0, 0.05) is 30.1 Å². The van der Waals surface area contributed by atoms with Crippen LogP contribution < -0.4 is 4.90 Å². The lowest BCUT2D eigenvalue weighted by molar-refractivity contribution is -0.142. The average molecular weight is 490 g/mol. The normalized spacial score (nSPS) is 11.1. The summed E-state index contributed by atoms with van der Waals surface area (Å²) in [6, 6.07) is 14.7. The van der Waals surface area contributed by atoms with Crippen LogP contribution in [0.1, 0.15) is 36.3 Å². The highest BCUT2D eigenvalue weighted by Crippen LogP contribution is 2.35. The summed E-state index contributed by atoms with van der Waals surface area (Å²) in [6.07, 6.45) is 5.86. The lowest BCUT2D eigenvalue weighted by atomic mass is 10.0. The number of carbonyl (C=O) groups is 1. The highest BCUT2D eigenvalue weighted by molar-refractivity contribution is 5.76. The van der Waals surface area contributed by atoms with Gasteiger partial charge in [-0.1, -0.05) is 17.3 Å². The predicted octanol–water partition coefficient (Wildman–Crippen LogP) is 5.26. The van der Waals surface area contributed by atoms with Crippen molar-refractivity contribution in [3.63, 3.8) is 0 Å². The molecule has 4 rings (SSSR count). The fourth-order valence-corrected chi connectivity index (χ4v) is 4.28. The largest absolute Gasteiger partial charge is 0.480 e. The molecule has 0 radical (unpaired) electrons. The molecule has 0 saturated carbocycles. The van der Waals surface area contributed by atoms with E-state index in [1.165, 1.54) is 6.33 Å². The predicted molar refractivity (Wildman–Crippen MR) is 137 cm³/mol. The molecule has 36 heavy (non-hydrogen) atoms. The monoisotopic (exact) mass is 489 g/mol. The molecule has 0 fully saturated rings. The molecule has 0 bridgehead atoms. The molecule has 0 aliphatic carbocycles. The average Bonchev–Trinajstić information content (AvgIpc) is 3.52. The van der Waals surface area contributed by atoms with Gasteiger partial charge in [0.1, 0.15) is 25.0 Å². The minimum Gasteiger partial charge on any atom is -0.480 e. The SMILES string of the molecule is Cc1ccc(-c2c(C)noc2C)cc1N(CCCCCOCC(=O)O)c1ccc(-n2cncn2)cc1. The quantitative estimate of drug-likeness (QED) is 0.269. The number of hydrogen-bond acceptors (Lipinski definition) is 7. The molecule has 2 aromatic carbocycles. The molecule has 2 aromatic heterocycles. The number of nitrogens with zero attached hydrogens (tertiary/aromatic N) is 5. The van der Waals surface area contributed by atoms with Gasteiger partial charge in [0.25, 0.3) is 0 Å². The van der Waals surface area contributed by atoms with E-state index >= 15 is 0 Å². The molecule has 1 N–H and O–H groups in total. The Balaban J connectivity index is 1.58. The molecule has 0 spiro atoms. The zero-order chi connectivity index (χ0) is 25.5. The molecule has 0 amide bonds. The van der Waals surface area contributed by atoms with Crippen molar-refractivity contribution in [3.05, 3.63) is 72.1 Å². The third kappa shape index (κ3) is 5.98. The van der Waals surface area contributed by atoms with Crippen molar-refractivity contribution < 1.29 is 19.2 Å². The summed E-state index contributed by atoms with van der Waals surface area (Å²) in [5.74, 6) is -0.142. The Morgan fingerprint density at radius 3 is 2.56 bits per heavy atom. The number of carboxylic acid groups (broad SMARTS) is 1. The van der Waals surface area contributed by atoms with Crippen LogP contribution in [0.15, 0.2) is 59.6 Å². The van der Waals surface area contributed by atoms with Gasteiger partial charge in [0.05, 0.1) is 11.4 Å². The van der Waals surface area contributed by atoms with Crippen LogP contribution in [0.5, 0.6) is 0 Å². The van der Waals surface area contributed by atoms with Crippen molar-refractivity contribution in [2.24, 2.45) is 0 Å². The number of carboxylic acids is 1. The maximum absolute atomic E-state index is 10.6. The Hall–Kier alpha value is -3.98. The molecule has 0 saturated heterocycles. The van der Waals surface area contributed by atoms with E-state index in [1.807, 2.05) is 26.0 Å². The first-order valence-electron chi connectivity index (χ1n) is 12.0. The Labute approximate surface area is 210 Å². The molecule has 9 nitrogen and oxygen atoms in total. The van der Waals surface area contributed by atoms with Crippen LogP contribution in [-0.2, 0) is 9.53 Å².